The Morgan fingerprint density at radius 3 is 2.68 bits per heavy atom. The summed E-state index contributed by atoms with van der Waals surface area (Å²) in [7, 11) is 0. The largest absolute Gasteiger partial charge is 0.479 e. The molecule has 5 nitrogen and oxygen atoms in total. The fraction of sp³-hybridized carbons (Fsp3) is 0.333. The first-order valence-corrected chi connectivity index (χ1v) is 7.34. The number of carbonyl (C=O) groups is 2. The van der Waals surface area contributed by atoms with Crippen LogP contribution >= 0.6 is 23.4 Å². The van der Waals surface area contributed by atoms with Gasteiger partial charge in [0.25, 0.3) is 0 Å². The van der Waals surface area contributed by atoms with Crippen LogP contribution in [0.5, 0.6) is 0 Å². The average Bonchev–Trinajstić information content (AvgIpc) is 2.37. The van der Waals surface area contributed by atoms with Gasteiger partial charge in [-0.25, -0.2) is 9.59 Å². The van der Waals surface area contributed by atoms with Gasteiger partial charge in [0.1, 0.15) is 0 Å². The summed E-state index contributed by atoms with van der Waals surface area (Å²) in [5.74, 6) is -0.398. The highest BCUT2D eigenvalue weighted by atomic mass is 35.5. The number of hydrogen-bond acceptors (Lipinski definition) is 3. The Kier molecular flexibility index (Phi) is 6.52. The van der Waals surface area contributed by atoms with Crippen LogP contribution in [0.4, 0.5) is 4.79 Å². The van der Waals surface area contributed by atoms with Crippen LogP contribution < -0.4 is 10.6 Å². The predicted molar refractivity (Wildman–Crippen MR) is 76.7 cm³/mol. The van der Waals surface area contributed by atoms with E-state index < -0.39 is 18.0 Å². The summed E-state index contributed by atoms with van der Waals surface area (Å²) < 4.78 is 0. The van der Waals surface area contributed by atoms with Gasteiger partial charge in [0.2, 0.25) is 0 Å². The summed E-state index contributed by atoms with van der Waals surface area (Å²) >= 11 is 7.52. The highest BCUT2D eigenvalue weighted by Crippen LogP contribution is 2.22. The number of carbonyl (C=O) groups excluding carboxylic acids is 1. The third-order valence-corrected chi connectivity index (χ3v) is 3.29. The number of carboxylic acids is 1. The molecular formula is C12H15ClN2O3S. The average molecular weight is 303 g/mol. The van der Waals surface area contributed by atoms with Crippen molar-refractivity contribution in [2.75, 3.05) is 18.6 Å². The zero-order chi connectivity index (χ0) is 14.3. The molecule has 0 heterocycles. The van der Waals surface area contributed by atoms with Crippen molar-refractivity contribution in [2.24, 2.45) is 0 Å². The molecular weight excluding hydrogens is 288 g/mol. The summed E-state index contributed by atoms with van der Waals surface area (Å²) in [6, 6.07) is 4.83. The molecule has 0 aliphatic carbocycles. The van der Waals surface area contributed by atoms with Crippen LogP contribution in [0.1, 0.15) is 11.6 Å². The van der Waals surface area contributed by atoms with Gasteiger partial charge in [0, 0.05) is 22.9 Å². The molecule has 0 saturated heterocycles. The Hall–Kier alpha value is -1.40. The molecule has 1 rings (SSSR count). The molecule has 104 valence electrons. The molecule has 3 N–H and O–H groups in total. The number of rotatable bonds is 6. The molecule has 0 aliphatic heterocycles. The second kappa shape index (κ2) is 7.91. The maximum Gasteiger partial charge on any atom is 0.331 e. The van der Waals surface area contributed by atoms with Gasteiger partial charge in [-0.15, -0.1) is 0 Å². The van der Waals surface area contributed by atoms with E-state index in [2.05, 4.69) is 10.6 Å². The van der Waals surface area contributed by atoms with Crippen molar-refractivity contribution >= 4 is 35.4 Å². The SMILES string of the molecule is CSCCNC(=O)N[C@@H](C(=O)O)c1ccccc1Cl. The molecule has 0 fully saturated rings. The van der Waals surface area contributed by atoms with E-state index in [-0.39, 0.29) is 0 Å². The van der Waals surface area contributed by atoms with Crippen LogP contribution in [-0.4, -0.2) is 35.7 Å². The summed E-state index contributed by atoms with van der Waals surface area (Å²) in [5, 5.41) is 14.4. The zero-order valence-corrected chi connectivity index (χ0v) is 11.9. The van der Waals surface area contributed by atoms with Gasteiger partial charge in [0.15, 0.2) is 6.04 Å². The molecule has 0 aliphatic rings. The van der Waals surface area contributed by atoms with Crippen molar-refractivity contribution in [1.29, 1.82) is 0 Å². The molecule has 2 amide bonds. The van der Waals surface area contributed by atoms with E-state index >= 15 is 0 Å². The first-order chi connectivity index (χ1) is 9.06. The van der Waals surface area contributed by atoms with Gasteiger partial charge in [-0.3, -0.25) is 0 Å². The third kappa shape index (κ3) is 5.00. The van der Waals surface area contributed by atoms with Gasteiger partial charge in [-0.2, -0.15) is 11.8 Å². The van der Waals surface area contributed by atoms with Crippen molar-refractivity contribution < 1.29 is 14.7 Å². The molecule has 19 heavy (non-hydrogen) atoms. The lowest BCUT2D eigenvalue weighted by Gasteiger charge is -2.16. The first-order valence-electron chi connectivity index (χ1n) is 5.56. The Morgan fingerprint density at radius 2 is 2.11 bits per heavy atom. The maximum absolute atomic E-state index is 11.6. The number of nitrogens with one attached hydrogen (secondary N) is 2. The number of amides is 2. The topological polar surface area (TPSA) is 78.4 Å². The van der Waals surface area contributed by atoms with Crippen LogP contribution in [0.25, 0.3) is 0 Å². The van der Waals surface area contributed by atoms with Crippen LogP contribution in [0.3, 0.4) is 0 Å². The minimum Gasteiger partial charge on any atom is -0.479 e. The van der Waals surface area contributed by atoms with Gasteiger partial charge >= 0.3 is 12.0 Å². The van der Waals surface area contributed by atoms with Crippen LogP contribution in [-0.2, 0) is 4.79 Å². The monoisotopic (exact) mass is 302 g/mol. The van der Waals surface area contributed by atoms with E-state index in [9.17, 15) is 9.59 Å². The van der Waals surface area contributed by atoms with Gasteiger partial charge < -0.3 is 15.7 Å². The number of hydrogen-bond donors (Lipinski definition) is 3. The minimum absolute atomic E-state index is 0.305. The van der Waals surface area contributed by atoms with E-state index in [0.29, 0.717) is 17.1 Å². The normalized spacial score (nSPS) is 11.7. The summed E-state index contributed by atoms with van der Waals surface area (Å²) in [5.41, 5.74) is 0.358. The van der Waals surface area contributed by atoms with E-state index in [1.54, 1.807) is 36.0 Å². The lowest BCUT2D eigenvalue weighted by Crippen LogP contribution is -2.41. The molecule has 1 atom stereocenters. The predicted octanol–water partition coefficient (Wildman–Crippen LogP) is 2.13. The lowest BCUT2D eigenvalue weighted by molar-refractivity contribution is -0.139. The lowest BCUT2D eigenvalue weighted by atomic mass is 10.1. The van der Waals surface area contributed by atoms with E-state index in [1.807, 2.05) is 6.26 Å². The van der Waals surface area contributed by atoms with E-state index in [4.69, 9.17) is 16.7 Å². The molecule has 0 spiro atoms. The van der Waals surface area contributed by atoms with E-state index in [1.165, 1.54) is 0 Å². The molecule has 0 saturated carbocycles. The molecule has 1 aromatic carbocycles. The second-order valence-electron chi connectivity index (χ2n) is 3.69. The maximum atomic E-state index is 11.6. The van der Waals surface area contributed by atoms with Gasteiger partial charge in [-0.05, 0) is 12.3 Å². The highest BCUT2D eigenvalue weighted by molar-refractivity contribution is 7.98. The molecule has 0 radical (unpaired) electrons. The fourth-order valence-electron chi connectivity index (χ4n) is 1.43. The van der Waals surface area contributed by atoms with Gasteiger partial charge in [0.05, 0.1) is 0 Å². The van der Waals surface area contributed by atoms with Gasteiger partial charge in [-0.1, -0.05) is 29.8 Å². The molecule has 0 unspecified atom stereocenters. The molecule has 1 aromatic rings. The quantitative estimate of drug-likeness (QED) is 0.703. The molecule has 0 bridgehead atoms. The summed E-state index contributed by atoms with van der Waals surface area (Å²) in [6.07, 6.45) is 1.92. The number of aliphatic carboxylic acids is 1. The van der Waals surface area contributed by atoms with Crippen molar-refractivity contribution in [1.82, 2.24) is 10.6 Å². The zero-order valence-electron chi connectivity index (χ0n) is 10.4. The highest BCUT2D eigenvalue weighted by Gasteiger charge is 2.23. The summed E-state index contributed by atoms with van der Waals surface area (Å²) in [6.45, 7) is 0.474. The number of urea groups is 1. The third-order valence-electron chi connectivity index (χ3n) is 2.33. The minimum atomic E-state index is -1.16. The van der Waals surface area contributed by atoms with Crippen molar-refractivity contribution in [3.05, 3.63) is 34.9 Å². The van der Waals surface area contributed by atoms with Crippen LogP contribution in [0, 0.1) is 0 Å². The smallest absolute Gasteiger partial charge is 0.331 e. The number of halogens is 1. The Bertz CT molecular complexity index is 456. The number of benzene rings is 1. The van der Waals surface area contributed by atoms with Crippen molar-refractivity contribution in [3.63, 3.8) is 0 Å². The van der Waals surface area contributed by atoms with E-state index in [0.717, 1.165) is 5.75 Å². The first kappa shape index (κ1) is 15.7. The number of thioether (sulfide) groups is 1. The van der Waals surface area contributed by atoms with Crippen molar-refractivity contribution in [2.45, 2.75) is 6.04 Å². The number of carboxylic acid groups (broad SMARTS) is 1. The second-order valence-corrected chi connectivity index (χ2v) is 5.08. The standard InChI is InChI=1S/C12H15ClN2O3S/c1-19-7-6-14-12(18)15-10(11(16)17)8-4-2-3-5-9(8)13/h2-5,10H,6-7H2,1H3,(H,16,17)(H2,14,15,18)/t10-/m1/s1. The Balaban J connectivity index is 2.72. The van der Waals surface area contributed by atoms with Crippen molar-refractivity contribution in [3.8, 4) is 0 Å². The molecule has 0 aromatic heterocycles. The van der Waals surface area contributed by atoms with Crippen LogP contribution in [0.2, 0.25) is 5.02 Å². The fourth-order valence-corrected chi connectivity index (χ4v) is 1.98. The Morgan fingerprint density at radius 1 is 1.42 bits per heavy atom. The summed E-state index contributed by atoms with van der Waals surface area (Å²) in [4.78, 5) is 22.8. The van der Waals surface area contributed by atoms with Crippen LogP contribution in [0.15, 0.2) is 24.3 Å². The molecule has 7 heteroatoms. The Labute approximate surface area is 120 Å².